The quantitative estimate of drug-likeness (QED) is 0.418. The molecule has 2 aromatic heterocycles. The molecule has 1 aliphatic heterocycles. The second kappa shape index (κ2) is 11.0. The molecule has 12 heteroatoms. The summed E-state index contributed by atoms with van der Waals surface area (Å²) in [5.74, 6) is 0.0850. The Bertz CT molecular complexity index is 1490. The average molecular weight is 546 g/mol. The largest absolute Gasteiger partial charge is 0.495 e. The average Bonchev–Trinajstić information content (AvgIpc) is 3.40. The molecule has 0 spiro atoms. The third-order valence-electron chi connectivity index (χ3n) is 6.23. The maximum atomic E-state index is 13.2. The van der Waals surface area contributed by atoms with Crippen LogP contribution in [0, 0.1) is 11.3 Å². The van der Waals surface area contributed by atoms with Crippen molar-refractivity contribution in [3.05, 3.63) is 77.0 Å². The highest BCUT2D eigenvalue weighted by atomic mass is 32.2. The lowest BCUT2D eigenvalue weighted by Crippen LogP contribution is -2.38. The van der Waals surface area contributed by atoms with Gasteiger partial charge < -0.3 is 15.8 Å². The minimum Gasteiger partial charge on any atom is -0.495 e. The Morgan fingerprint density at radius 2 is 2.13 bits per heavy atom. The molecular weight excluding hydrogens is 522 g/mol. The number of anilines is 2. The molecule has 1 atom stereocenters. The van der Waals surface area contributed by atoms with Crippen LogP contribution < -0.4 is 20.7 Å². The smallest absolute Gasteiger partial charge is 0.234 e. The molecule has 3 aromatic rings. The summed E-state index contributed by atoms with van der Waals surface area (Å²) in [5.41, 5.74) is 9.44. The number of carbonyl (C=O) groups is 2. The standard InChI is InChI=1S/C26H23N7O3S2/c1-36-20-10-3-2-7-17(20)30-21(35)14-37-26-32-31-25(38-26)33-18-8-4-9-19(34)23(18)22(16(12-27)24(33)28)15-6-5-11-29-13-15/h2-3,5-7,10-11,13,22H,4,8-9,14,28H2,1H3,(H,30,35). The van der Waals surface area contributed by atoms with Crippen molar-refractivity contribution in [2.45, 2.75) is 29.5 Å². The van der Waals surface area contributed by atoms with Crippen LogP contribution in [0.2, 0.25) is 0 Å². The van der Waals surface area contributed by atoms with Gasteiger partial charge in [0.15, 0.2) is 10.1 Å². The van der Waals surface area contributed by atoms with E-state index in [1.54, 1.807) is 42.6 Å². The van der Waals surface area contributed by atoms with Crippen LogP contribution in [-0.4, -0.2) is 39.7 Å². The molecule has 2 aliphatic rings. The minimum absolute atomic E-state index is 0.0162. The number of nitrogens with zero attached hydrogens (tertiary/aromatic N) is 5. The zero-order valence-corrected chi connectivity index (χ0v) is 22.0. The van der Waals surface area contributed by atoms with E-state index in [1.165, 1.54) is 23.1 Å². The van der Waals surface area contributed by atoms with Gasteiger partial charge in [-0.1, -0.05) is 41.3 Å². The number of Topliss-reactive ketones (excluding diaryl/α,β-unsaturated/α-hetero) is 1. The van der Waals surface area contributed by atoms with E-state index in [9.17, 15) is 14.9 Å². The topological polar surface area (TPSA) is 147 Å². The van der Waals surface area contributed by atoms with Crippen LogP contribution >= 0.6 is 23.1 Å². The Labute approximate surface area is 227 Å². The molecule has 38 heavy (non-hydrogen) atoms. The van der Waals surface area contributed by atoms with Gasteiger partial charge in [-0.05, 0) is 36.6 Å². The number of nitrogens with two attached hydrogens (primary N) is 1. The van der Waals surface area contributed by atoms with E-state index in [-0.39, 0.29) is 28.8 Å². The number of allylic oxidation sites excluding steroid dienone is 3. The van der Waals surface area contributed by atoms with E-state index in [4.69, 9.17) is 10.5 Å². The first kappa shape index (κ1) is 25.4. The number of amides is 1. The summed E-state index contributed by atoms with van der Waals surface area (Å²) in [7, 11) is 1.54. The van der Waals surface area contributed by atoms with Crippen LogP contribution in [0.3, 0.4) is 0 Å². The first-order valence-corrected chi connectivity index (χ1v) is 13.6. The third kappa shape index (κ3) is 4.85. The number of ketones is 1. The van der Waals surface area contributed by atoms with Gasteiger partial charge in [0.1, 0.15) is 11.6 Å². The molecule has 10 nitrogen and oxygen atoms in total. The second-order valence-corrected chi connectivity index (χ2v) is 10.7. The number of aromatic nitrogens is 3. The third-order valence-corrected chi connectivity index (χ3v) is 8.27. The van der Waals surface area contributed by atoms with Crippen LogP contribution in [0.1, 0.15) is 30.7 Å². The van der Waals surface area contributed by atoms with Crippen LogP contribution in [0.5, 0.6) is 5.75 Å². The van der Waals surface area contributed by atoms with Gasteiger partial charge in [-0.15, -0.1) is 10.2 Å². The van der Waals surface area contributed by atoms with E-state index in [0.717, 1.165) is 11.3 Å². The number of thioether (sulfide) groups is 1. The van der Waals surface area contributed by atoms with Crippen LogP contribution in [0.4, 0.5) is 10.8 Å². The van der Waals surface area contributed by atoms with Crippen LogP contribution in [0.15, 0.2) is 75.8 Å². The number of rotatable bonds is 7. The highest BCUT2D eigenvalue weighted by Crippen LogP contribution is 2.46. The number of hydrogen-bond acceptors (Lipinski definition) is 11. The molecule has 3 N–H and O–H groups in total. The first-order valence-electron chi connectivity index (χ1n) is 11.8. The van der Waals surface area contributed by atoms with E-state index in [2.05, 4.69) is 26.6 Å². The maximum Gasteiger partial charge on any atom is 0.234 e. The van der Waals surface area contributed by atoms with Gasteiger partial charge in [0.25, 0.3) is 0 Å². The van der Waals surface area contributed by atoms with Crippen molar-refractivity contribution in [2.24, 2.45) is 5.73 Å². The zero-order valence-electron chi connectivity index (χ0n) is 20.4. The molecule has 1 unspecified atom stereocenters. The van der Waals surface area contributed by atoms with Crippen molar-refractivity contribution in [1.29, 1.82) is 5.26 Å². The molecule has 0 saturated carbocycles. The maximum absolute atomic E-state index is 13.2. The van der Waals surface area contributed by atoms with Crippen molar-refractivity contribution in [3.8, 4) is 11.8 Å². The number of benzene rings is 1. The Morgan fingerprint density at radius 3 is 2.89 bits per heavy atom. The van der Waals surface area contributed by atoms with Crippen molar-refractivity contribution in [3.63, 3.8) is 0 Å². The lowest BCUT2D eigenvalue weighted by atomic mass is 9.76. The summed E-state index contributed by atoms with van der Waals surface area (Å²) in [6, 6.07) is 13.0. The molecule has 1 aromatic carbocycles. The second-order valence-electron chi connectivity index (χ2n) is 8.49. The monoisotopic (exact) mass is 545 g/mol. The summed E-state index contributed by atoms with van der Waals surface area (Å²) in [6.07, 6.45) is 4.99. The number of para-hydroxylation sites is 2. The van der Waals surface area contributed by atoms with Crippen molar-refractivity contribution >= 4 is 45.6 Å². The SMILES string of the molecule is COc1ccccc1NC(=O)CSc1nnc(N2C(N)=C(C#N)C(c3cccnc3)C3=C2CCCC3=O)s1. The van der Waals surface area contributed by atoms with Gasteiger partial charge in [0.05, 0.1) is 36.1 Å². The van der Waals surface area contributed by atoms with E-state index >= 15 is 0 Å². The molecule has 3 heterocycles. The minimum atomic E-state index is -0.576. The Kier molecular flexibility index (Phi) is 7.39. The normalized spacial score (nSPS) is 17.2. The van der Waals surface area contributed by atoms with Crippen LogP contribution in [-0.2, 0) is 9.59 Å². The molecule has 0 saturated heterocycles. The predicted molar refractivity (Wildman–Crippen MR) is 144 cm³/mol. The molecule has 1 aliphatic carbocycles. The first-order chi connectivity index (χ1) is 18.5. The fourth-order valence-corrected chi connectivity index (χ4v) is 6.28. The van der Waals surface area contributed by atoms with Gasteiger partial charge in [-0.2, -0.15) is 5.26 Å². The summed E-state index contributed by atoms with van der Waals surface area (Å²) < 4.78 is 5.83. The lowest BCUT2D eigenvalue weighted by Gasteiger charge is -2.37. The molecule has 5 rings (SSSR count). The highest BCUT2D eigenvalue weighted by molar-refractivity contribution is 8.01. The summed E-state index contributed by atoms with van der Waals surface area (Å²) in [6.45, 7) is 0. The molecular formula is C26H23N7O3S2. The predicted octanol–water partition coefficient (Wildman–Crippen LogP) is 3.98. The Hall–Kier alpha value is -4.21. The van der Waals surface area contributed by atoms with Crippen molar-refractivity contribution in [1.82, 2.24) is 15.2 Å². The number of nitriles is 1. The number of nitrogens with one attached hydrogen (secondary N) is 1. The molecule has 0 bridgehead atoms. The van der Waals surface area contributed by atoms with Gasteiger partial charge in [0, 0.05) is 30.1 Å². The lowest BCUT2D eigenvalue weighted by molar-refractivity contribution is -0.116. The Balaban J connectivity index is 1.40. The summed E-state index contributed by atoms with van der Waals surface area (Å²) in [5, 5.41) is 21.9. The summed E-state index contributed by atoms with van der Waals surface area (Å²) >= 11 is 2.48. The van der Waals surface area contributed by atoms with Gasteiger partial charge in [-0.3, -0.25) is 19.5 Å². The number of methoxy groups -OCH3 is 1. The van der Waals surface area contributed by atoms with Crippen molar-refractivity contribution < 1.29 is 14.3 Å². The number of carbonyl (C=O) groups excluding carboxylic acids is 2. The van der Waals surface area contributed by atoms with Gasteiger partial charge in [-0.25, -0.2) is 0 Å². The fourth-order valence-electron chi connectivity index (χ4n) is 4.60. The van der Waals surface area contributed by atoms with Gasteiger partial charge in [0.2, 0.25) is 11.0 Å². The summed E-state index contributed by atoms with van der Waals surface area (Å²) in [4.78, 5) is 31.6. The van der Waals surface area contributed by atoms with E-state index in [0.29, 0.717) is 45.7 Å². The number of hydrogen-bond donors (Lipinski definition) is 2. The zero-order chi connectivity index (χ0) is 26.6. The van der Waals surface area contributed by atoms with Crippen LogP contribution in [0.25, 0.3) is 0 Å². The van der Waals surface area contributed by atoms with E-state index in [1.807, 2.05) is 18.2 Å². The van der Waals surface area contributed by atoms with E-state index < -0.39 is 5.92 Å². The fraction of sp³-hybridized carbons (Fsp3) is 0.231. The highest BCUT2D eigenvalue weighted by Gasteiger charge is 2.41. The van der Waals surface area contributed by atoms with Gasteiger partial charge >= 0.3 is 0 Å². The number of ether oxygens (including phenoxy) is 1. The molecule has 192 valence electrons. The molecule has 1 amide bonds. The van der Waals surface area contributed by atoms with Crippen molar-refractivity contribution in [2.75, 3.05) is 23.1 Å². The molecule has 0 radical (unpaired) electrons. The number of pyridine rings is 1. The Morgan fingerprint density at radius 1 is 1.29 bits per heavy atom. The molecule has 0 fully saturated rings.